The van der Waals surface area contributed by atoms with Gasteiger partial charge >= 0.3 is 0 Å². The van der Waals surface area contributed by atoms with Crippen molar-refractivity contribution in [3.05, 3.63) is 65.5 Å². The number of aromatic nitrogens is 4. The maximum absolute atomic E-state index is 13.4. The summed E-state index contributed by atoms with van der Waals surface area (Å²) in [6.07, 6.45) is 7.39. The van der Waals surface area contributed by atoms with Crippen molar-refractivity contribution in [2.24, 2.45) is 7.05 Å². The minimum Gasteiger partial charge on any atom is -0.463 e. The molecule has 4 rings (SSSR count). The topological polar surface area (TPSA) is 63.2 Å². The molecule has 3 heterocycles. The van der Waals surface area contributed by atoms with Gasteiger partial charge in [-0.2, -0.15) is 5.10 Å². The third kappa shape index (κ3) is 3.54. The van der Waals surface area contributed by atoms with Crippen molar-refractivity contribution < 1.29 is 13.9 Å². The van der Waals surface area contributed by atoms with E-state index in [2.05, 4.69) is 5.10 Å². The average Bonchev–Trinajstić information content (AvgIpc) is 3.35. The summed E-state index contributed by atoms with van der Waals surface area (Å²) in [6, 6.07) is 8.68. The molecular formula is C21H21FN4O3. The third-order valence-electron chi connectivity index (χ3n) is 4.82. The highest BCUT2D eigenvalue weighted by Crippen LogP contribution is 2.28. The summed E-state index contributed by atoms with van der Waals surface area (Å²) in [7, 11) is 3.48. The number of ether oxygens (including phenoxy) is 2. The van der Waals surface area contributed by atoms with Gasteiger partial charge in [0.25, 0.3) is 5.56 Å². The first-order valence-corrected chi connectivity index (χ1v) is 9.14. The lowest BCUT2D eigenvalue weighted by Gasteiger charge is -2.12. The van der Waals surface area contributed by atoms with Crippen LogP contribution < -0.4 is 10.3 Å². The van der Waals surface area contributed by atoms with Crippen LogP contribution >= 0.6 is 0 Å². The Morgan fingerprint density at radius 2 is 1.93 bits per heavy atom. The molecule has 8 heteroatoms. The van der Waals surface area contributed by atoms with Gasteiger partial charge in [-0.25, -0.2) is 4.39 Å². The Labute approximate surface area is 166 Å². The van der Waals surface area contributed by atoms with Gasteiger partial charge in [-0.1, -0.05) is 0 Å². The van der Waals surface area contributed by atoms with Gasteiger partial charge in [-0.3, -0.25) is 14.0 Å². The Bertz CT molecular complexity index is 1190. The second-order valence-electron chi connectivity index (χ2n) is 6.63. The molecule has 0 spiro atoms. The number of nitrogens with zero attached hydrogens (tertiary/aromatic N) is 4. The fraction of sp³-hybridized carbons (Fsp3) is 0.238. The van der Waals surface area contributed by atoms with Crippen LogP contribution in [-0.4, -0.2) is 39.5 Å². The number of fused-ring (bicyclic) bond motifs is 1. The minimum absolute atomic E-state index is 0.145. The van der Waals surface area contributed by atoms with E-state index in [9.17, 15) is 9.18 Å². The lowest BCUT2D eigenvalue weighted by atomic mass is 10.1. The lowest BCUT2D eigenvalue weighted by Crippen LogP contribution is -2.21. The average molecular weight is 396 g/mol. The third-order valence-corrected chi connectivity index (χ3v) is 4.82. The van der Waals surface area contributed by atoms with E-state index in [1.165, 1.54) is 0 Å². The molecule has 0 saturated heterocycles. The zero-order valence-electron chi connectivity index (χ0n) is 16.2. The molecule has 7 nitrogen and oxygen atoms in total. The zero-order valence-corrected chi connectivity index (χ0v) is 16.2. The molecule has 0 radical (unpaired) electrons. The first-order chi connectivity index (χ1) is 14.1. The summed E-state index contributed by atoms with van der Waals surface area (Å²) in [4.78, 5) is 13.4. The summed E-state index contributed by atoms with van der Waals surface area (Å²) in [5, 5.41) is 5.12. The highest BCUT2D eigenvalue weighted by molar-refractivity contribution is 5.94. The maximum Gasteiger partial charge on any atom is 0.279 e. The van der Waals surface area contributed by atoms with Gasteiger partial charge in [0.05, 0.1) is 12.8 Å². The molecule has 0 aliphatic rings. The Hall–Kier alpha value is -3.39. The largest absolute Gasteiger partial charge is 0.463 e. The second-order valence-corrected chi connectivity index (χ2v) is 6.63. The molecule has 1 aromatic carbocycles. The van der Waals surface area contributed by atoms with Crippen LogP contribution in [0.1, 0.15) is 0 Å². The van der Waals surface area contributed by atoms with Crippen molar-refractivity contribution in [3.8, 4) is 22.6 Å². The van der Waals surface area contributed by atoms with Crippen LogP contribution in [-0.2, 0) is 18.3 Å². The molecule has 0 bridgehead atoms. The molecular weight excluding hydrogens is 375 g/mol. The minimum atomic E-state index is -0.899. The monoisotopic (exact) mass is 396 g/mol. The first-order valence-electron chi connectivity index (χ1n) is 9.14. The molecule has 29 heavy (non-hydrogen) atoms. The van der Waals surface area contributed by atoms with Crippen LogP contribution in [0.15, 0.2) is 59.9 Å². The van der Waals surface area contributed by atoms with Gasteiger partial charge in [0, 0.05) is 61.5 Å². The quantitative estimate of drug-likeness (QED) is 0.481. The van der Waals surface area contributed by atoms with Crippen LogP contribution in [0.4, 0.5) is 4.39 Å². The van der Waals surface area contributed by atoms with Crippen LogP contribution in [0.3, 0.4) is 0 Å². The van der Waals surface area contributed by atoms with Crippen molar-refractivity contribution in [3.63, 3.8) is 0 Å². The molecule has 0 atom stereocenters. The lowest BCUT2D eigenvalue weighted by molar-refractivity contribution is 0.188. The fourth-order valence-corrected chi connectivity index (χ4v) is 3.42. The van der Waals surface area contributed by atoms with Crippen LogP contribution in [0.25, 0.3) is 27.7 Å². The first kappa shape index (κ1) is 18.9. The Kier molecular flexibility index (Phi) is 5.18. The Morgan fingerprint density at radius 1 is 1.14 bits per heavy atom. The molecule has 3 aromatic heterocycles. The predicted molar refractivity (Wildman–Crippen MR) is 108 cm³/mol. The molecule has 4 aromatic rings. The molecule has 0 aliphatic heterocycles. The molecule has 150 valence electrons. The molecule has 0 amide bonds. The fourth-order valence-electron chi connectivity index (χ4n) is 3.42. The standard InChI is InChI=1S/C21H21FN4O3/c1-24-12-15(11-23-24)19-13-26(16-3-5-17(6-4-16)29-14-22)21(27)20-18(19)7-8-25(20)9-10-28-2/h3-8,11-13H,9-10,14H2,1-2H3. The smallest absolute Gasteiger partial charge is 0.279 e. The van der Waals surface area contributed by atoms with E-state index in [-0.39, 0.29) is 5.56 Å². The number of alkyl halides is 1. The number of aryl methyl sites for hydroxylation is 1. The van der Waals surface area contributed by atoms with Crippen molar-refractivity contribution in [2.45, 2.75) is 6.54 Å². The van der Waals surface area contributed by atoms with E-state index in [1.807, 2.05) is 36.3 Å². The predicted octanol–water partition coefficient (Wildman–Crippen LogP) is 3.14. The summed E-state index contributed by atoms with van der Waals surface area (Å²) >= 11 is 0. The summed E-state index contributed by atoms with van der Waals surface area (Å²) in [6.45, 7) is 0.161. The normalized spacial score (nSPS) is 11.3. The van der Waals surface area contributed by atoms with Gasteiger partial charge in [-0.05, 0) is 30.3 Å². The van der Waals surface area contributed by atoms with Crippen molar-refractivity contribution in [1.29, 1.82) is 0 Å². The van der Waals surface area contributed by atoms with E-state index < -0.39 is 6.86 Å². The molecule has 0 saturated carbocycles. The number of pyridine rings is 1. The SMILES string of the molecule is COCCn1ccc2c(-c3cnn(C)c3)cn(-c3ccc(OCF)cc3)c(=O)c21. The maximum atomic E-state index is 13.4. The summed E-state index contributed by atoms with van der Waals surface area (Å²) < 4.78 is 27.7. The van der Waals surface area contributed by atoms with Crippen molar-refractivity contribution in [1.82, 2.24) is 18.9 Å². The molecule has 0 unspecified atom stereocenters. The number of methoxy groups -OCH3 is 1. The number of halogens is 1. The second kappa shape index (κ2) is 7.92. The molecule has 0 N–H and O–H groups in total. The molecule has 0 aliphatic carbocycles. The highest BCUT2D eigenvalue weighted by Gasteiger charge is 2.16. The van der Waals surface area contributed by atoms with E-state index in [0.29, 0.717) is 30.1 Å². The molecule has 0 fully saturated rings. The number of hydrogen-bond donors (Lipinski definition) is 0. The van der Waals surface area contributed by atoms with Crippen molar-refractivity contribution in [2.75, 3.05) is 20.6 Å². The summed E-state index contributed by atoms with van der Waals surface area (Å²) in [5.74, 6) is 0.404. The van der Waals surface area contributed by atoms with Crippen molar-refractivity contribution >= 4 is 10.9 Å². The number of benzene rings is 1. The Morgan fingerprint density at radius 3 is 2.59 bits per heavy atom. The van der Waals surface area contributed by atoms with Gasteiger partial charge in [0.2, 0.25) is 6.86 Å². The van der Waals surface area contributed by atoms with Gasteiger partial charge in [-0.15, -0.1) is 0 Å². The van der Waals surface area contributed by atoms with Gasteiger partial charge < -0.3 is 14.0 Å². The van der Waals surface area contributed by atoms with Crippen LogP contribution in [0.2, 0.25) is 0 Å². The van der Waals surface area contributed by atoms with E-state index in [1.54, 1.807) is 46.8 Å². The Balaban J connectivity index is 1.93. The number of hydrogen-bond acceptors (Lipinski definition) is 4. The van der Waals surface area contributed by atoms with Crippen LogP contribution in [0.5, 0.6) is 5.75 Å². The van der Waals surface area contributed by atoms with E-state index in [4.69, 9.17) is 9.47 Å². The number of rotatable bonds is 7. The zero-order chi connectivity index (χ0) is 20.4. The van der Waals surface area contributed by atoms with E-state index >= 15 is 0 Å². The van der Waals surface area contributed by atoms with Gasteiger partial charge in [0.1, 0.15) is 11.3 Å². The summed E-state index contributed by atoms with van der Waals surface area (Å²) in [5.41, 5.74) is 2.91. The van der Waals surface area contributed by atoms with Gasteiger partial charge in [0.15, 0.2) is 0 Å². The van der Waals surface area contributed by atoms with Crippen LogP contribution in [0, 0.1) is 0 Å². The van der Waals surface area contributed by atoms with E-state index in [0.717, 1.165) is 16.5 Å². The highest BCUT2D eigenvalue weighted by atomic mass is 19.1.